The second kappa shape index (κ2) is 16.1. The van der Waals surface area contributed by atoms with Crippen molar-refractivity contribution in [2.45, 2.75) is 122 Å². The summed E-state index contributed by atoms with van der Waals surface area (Å²) in [6, 6.07) is 26.2. The molecule has 0 N–H and O–H groups in total. The number of hydrogen-bond donors (Lipinski definition) is 0. The zero-order valence-corrected chi connectivity index (χ0v) is 41.9. The summed E-state index contributed by atoms with van der Waals surface area (Å²) in [5.74, 6) is 3.92. The maximum absolute atomic E-state index is 7.98. The molecule has 9 nitrogen and oxygen atoms in total. The number of aryl methyl sites for hydroxylation is 12. The van der Waals surface area contributed by atoms with Gasteiger partial charge >= 0.3 is 18.1 Å². The van der Waals surface area contributed by atoms with Crippen LogP contribution in [0.5, 0.6) is 34.5 Å². The molecule has 65 heavy (non-hydrogen) atoms. The van der Waals surface area contributed by atoms with E-state index in [9.17, 15) is 0 Å². The van der Waals surface area contributed by atoms with Crippen LogP contribution in [0.1, 0.15) is 100 Å². The molecule has 6 heterocycles. The summed E-state index contributed by atoms with van der Waals surface area (Å²) in [5, 5.41) is 0. The fraction of sp³-hybridized carbons (Fsp3) is 0.333. The van der Waals surface area contributed by atoms with Gasteiger partial charge in [-0.25, -0.2) is 0 Å². The smallest absolute Gasteiger partial charge is 0.461 e. The van der Waals surface area contributed by atoms with Gasteiger partial charge in [-0.3, -0.25) is 13.9 Å². The fourth-order valence-corrected chi connectivity index (χ4v) is 16.5. The molecule has 0 radical (unpaired) electrons. The van der Waals surface area contributed by atoms with E-state index < -0.39 is 18.1 Å². The minimum Gasteiger partial charge on any atom is -0.461 e. The first kappa shape index (κ1) is 43.3. The van der Waals surface area contributed by atoms with E-state index in [1.54, 1.807) is 0 Å². The predicted molar refractivity (Wildman–Crippen MR) is 258 cm³/mol. The fourth-order valence-electron chi connectivity index (χ4n) is 10.8. The molecule has 4 bridgehead atoms. The highest BCUT2D eigenvalue weighted by molar-refractivity contribution is 6.71. The summed E-state index contributed by atoms with van der Waals surface area (Å²) >= 11 is 0. The maximum Gasteiger partial charge on any atom is 0.889 e. The Morgan fingerprint density at radius 1 is 0.292 bits per heavy atom. The molecule has 6 aromatic carbocycles. The molecule has 0 saturated heterocycles. The van der Waals surface area contributed by atoms with Crippen LogP contribution in [0.15, 0.2) is 72.8 Å². The molecule has 0 fully saturated rings. The maximum atomic E-state index is 7.98. The summed E-state index contributed by atoms with van der Waals surface area (Å²) in [7, 11) is -9.54. The van der Waals surface area contributed by atoms with Gasteiger partial charge in [0.2, 0.25) is 0 Å². The first-order valence-electron chi connectivity index (χ1n) is 22.8. The SMILES string of the molecule is Cc1cc(C)c2c(c1)CN1Cc3cc(C)cc(C)c3O[Si](O[Si]34Oc5c(C)cc(C)cc5CN(Cc5cc(C)cc(C)c5O3)Cc3cc(C)cc(C)c3O4)(O2)Oc2c(C)cc(C)cc2C1. The molecule has 0 spiro atoms. The van der Waals surface area contributed by atoms with Crippen LogP contribution < -0.4 is 26.6 Å². The van der Waals surface area contributed by atoms with Gasteiger partial charge < -0.3 is 26.6 Å². The second-order valence-corrected chi connectivity index (χ2v) is 23.5. The Balaban J connectivity index is 1.32. The monoisotopic (exact) mass is 904 g/mol. The third kappa shape index (κ3) is 8.22. The van der Waals surface area contributed by atoms with Crippen molar-refractivity contribution < 1.29 is 30.7 Å². The lowest BCUT2D eigenvalue weighted by Gasteiger charge is -2.41. The molecule has 0 aromatic heterocycles. The first-order valence-corrected chi connectivity index (χ1v) is 26.1. The largest absolute Gasteiger partial charge is 0.889 e. The van der Waals surface area contributed by atoms with Crippen molar-refractivity contribution in [2.75, 3.05) is 0 Å². The highest BCUT2D eigenvalue weighted by Crippen LogP contribution is 2.45. The summed E-state index contributed by atoms with van der Waals surface area (Å²) < 4.78 is 53.8. The van der Waals surface area contributed by atoms with Gasteiger partial charge in [0.25, 0.3) is 0 Å². The highest BCUT2D eigenvalue weighted by Gasteiger charge is 2.72. The van der Waals surface area contributed by atoms with Crippen LogP contribution in [0.25, 0.3) is 0 Å². The summed E-state index contributed by atoms with van der Waals surface area (Å²) in [6.07, 6.45) is 0. The van der Waals surface area contributed by atoms with Crippen LogP contribution >= 0.6 is 0 Å². The molecule has 0 amide bonds. The van der Waals surface area contributed by atoms with E-state index in [0.29, 0.717) is 73.8 Å². The summed E-state index contributed by atoms with van der Waals surface area (Å²) in [6.45, 7) is 29.0. The highest BCUT2D eigenvalue weighted by atomic mass is 28.5. The Morgan fingerprint density at radius 3 is 0.631 bits per heavy atom. The van der Waals surface area contributed by atoms with E-state index in [0.717, 1.165) is 100 Å². The standard InChI is InChI=1S/C54H60N2O7Si2/c1-31-13-37(7)49-43(19-31)25-55-26-44-20-32(2)14-38(8)50(44)58-64(57-49,59-51-39(9)15-33(3)21-45(51)27-55)63-65-60-52-40(10)16-34(4)22-46(52)28-56(29-47-23-35(5)17-41(11)53(47)61-65)30-48-24-36(6)18-42(12)54(48)62-65/h13-24H,25-30H2,1-12H3. The third-order valence-electron chi connectivity index (χ3n) is 13.0. The molecule has 0 aliphatic carbocycles. The van der Waals surface area contributed by atoms with E-state index in [2.05, 4.69) is 166 Å². The topological polar surface area (TPSA) is 71.1 Å². The minimum absolute atomic E-state index is 0.619. The molecular formula is C54H60N2O7Si2. The van der Waals surface area contributed by atoms with Gasteiger partial charge in [-0.05, 0) is 116 Å². The first-order chi connectivity index (χ1) is 30.9. The van der Waals surface area contributed by atoms with Crippen LogP contribution in [-0.4, -0.2) is 27.9 Å². The van der Waals surface area contributed by atoms with E-state index in [1.807, 2.05) is 0 Å². The molecule has 0 unspecified atom stereocenters. The third-order valence-corrected chi connectivity index (χ3v) is 17.7. The van der Waals surface area contributed by atoms with Crippen LogP contribution in [0, 0.1) is 83.1 Å². The van der Waals surface area contributed by atoms with Gasteiger partial charge in [0.05, 0.1) is 0 Å². The second-order valence-electron chi connectivity index (χ2n) is 19.4. The van der Waals surface area contributed by atoms with Crippen molar-refractivity contribution in [1.82, 2.24) is 9.80 Å². The van der Waals surface area contributed by atoms with E-state index in [-0.39, 0.29) is 0 Å². The lowest BCUT2D eigenvalue weighted by Crippen LogP contribution is -2.71. The molecule has 6 aliphatic rings. The zero-order valence-electron chi connectivity index (χ0n) is 39.9. The van der Waals surface area contributed by atoms with Crippen molar-refractivity contribution >= 4 is 18.1 Å². The van der Waals surface area contributed by atoms with Crippen LogP contribution in [0.2, 0.25) is 0 Å². The number of benzene rings is 6. The van der Waals surface area contributed by atoms with Crippen molar-refractivity contribution in [3.05, 3.63) is 173 Å². The Kier molecular flexibility index (Phi) is 10.7. The Labute approximate surface area is 386 Å². The van der Waals surface area contributed by atoms with E-state index >= 15 is 0 Å². The number of nitrogens with zero attached hydrogens (tertiary/aromatic N) is 2. The van der Waals surface area contributed by atoms with E-state index in [1.165, 1.54) is 0 Å². The average molecular weight is 905 g/mol. The van der Waals surface area contributed by atoms with Crippen molar-refractivity contribution in [3.8, 4) is 34.5 Å². The molecule has 6 aromatic rings. The average Bonchev–Trinajstić information content (AvgIpc) is 3.19. The van der Waals surface area contributed by atoms with Crippen molar-refractivity contribution in [1.29, 1.82) is 0 Å². The van der Waals surface area contributed by atoms with Gasteiger partial charge in [-0.1, -0.05) is 106 Å². The predicted octanol–water partition coefficient (Wildman–Crippen LogP) is 11.7. The van der Waals surface area contributed by atoms with Gasteiger partial charge in [0.15, 0.2) is 0 Å². The van der Waals surface area contributed by atoms with Crippen molar-refractivity contribution in [3.63, 3.8) is 0 Å². The molecule has 0 saturated carbocycles. The van der Waals surface area contributed by atoms with Crippen LogP contribution in [-0.2, 0) is 43.4 Å². The van der Waals surface area contributed by atoms with Gasteiger partial charge in [-0.15, -0.1) is 0 Å². The molecule has 12 rings (SSSR count). The molecular weight excluding hydrogens is 845 g/mol. The Bertz CT molecular complexity index is 2440. The molecule has 6 aliphatic heterocycles. The summed E-state index contributed by atoms with van der Waals surface area (Å²) in [4.78, 5) is 4.92. The van der Waals surface area contributed by atoms with Gasteiger partial charge in [0.1, 0.15) is 34.5 Å². The molecule has 11 heteroatoms. The van der Waals surface area contributed by atoms with Crippen molar-refractivity contribution in [2.24, 2.45) is 0 Å². The number of rotatable bonds is 2. The van der Waals surface area contributed by atoms with E-state index in [4.69, 9.17) is 30.7 Å². The Morgan fingerprint density at radius 2 is 0.462 bits per heavy atom. The normalized spacial score (nSPS) is 21.8. The lowest BCUT2D eigenvalue weighted by atomic mass is 10.0. The quantitative estimate of drug-likeness (QED) is 0.158. The number of hydrogen-bond acceptors (Lipinski definition) is 9. The Hall–Kier alpha value is -5.57. The van der Waals surface area contributed by atoms with Gasteiger partial charge in [-0.2, -0.15) is 0 Å². The van der Waals surface area contributed by atoms with Crippen LogP contribution in [0.4, 0.5) is 0 Å². The molecule has 336 valence electrons. The lowest BCUT2D eigenvalue weighted by molar-refractivity contribution is 0.0669. The van der Waals surface area contributed by atoms with Crippen LogP contribution in [0.3, 0.4) is 0 Å². The minimum atomic E-state index is -4.77. The van der Waals surface area contributed by atoms with Gasteiger partial charge in [0, 0.05) is 72.6 Å². The zero-order chi connectivity index (χ0) is 45.7. The molecule has 0 atom stereocenters. The summed E-state index contributed by atoms with van der Waals surface area (Å²) in [5.41, 5.74) is 18.6.